The third kappa shape index (κ3) is 3.61. The molecule has 0 saturated heterocycles. The van der Waals surface area contributed by atoms with E-state index in [4.69, 9.17) is 4.52 Å². The van der Waals surface area contributed by atoms with Gasteiger partial charge in [0.2, 0.25) is 5.91 Å². The molecular weight excluding hydrogens is 370 g/mol. The standard InChI is InChI=1S/C21H21N5O3/c1-13-4-6-15(7-5-13)19-23-16(25-29-19)12-22-20(28)21(3)11-18(27)24-17-10-14(2)8-9-26(17)21/h4-10H,11-12H2,1-3H3,(H,22,28)/t21-/m0/s1. The van der Waals surface area contributed by atoms with E-state index < -0.39 is 5.54 Å². The van der Waals surface area contributed by atoms with Gasteiger partial charge in [0.25, 0.3) is 11.8 Å². The van der Waals surface area contributed by atoms with E-state index in [1.54, 1.807) is 24.1 Å². The fourth-order valence-corrected chi connectivity index (χ4v) is 3.32. The maximum atomic E-state index is 13.0. The Bertz CT molecular complexity index is 1060. The van der Waals surface area contributed by atoms with Crippen molar-refractivity contribution in [1.29, 1.82) is 0 Å². The van der Waals surface area contributed by atoms with Crippen molar-refractivity contribution in [3.8, 4) is 11.5 Å². The lowest BCUT2D eigenvalue weighted by atomic mass is 9.90. The Morgan fingerprint density at radius 3 is 2.79 bits per heavy atom. The number of nitrogens with zero attached hydrogens (tertiary/aromatic N) is 4. The highest BCUT2D eigenvalue weighted by Gasteiger charge is 2.45. The van der Waals surface area contributed by atoms with E-state index in [0.717, 1.165) is 16.7 Å². The Kier molecular flexibility index (Phi) is 4.62. The number of aryl methyl sites for hydroxylation is 1. The van der Waals surface area contributed by atoms with Crippen LogP contribution in [0.15, 0.2) is 57.7 Å². The van der Waals surface area contributed by atoms with Gasteiger partial charge in [-0.3, -0.25) is 9.59 Å². The number of aliphatic imine (C=N–C) groups is 1. The molecule has 2 aliphatic heterocycles. The average Bonchev–Trinajstić information content (AvgIpc) is 3.15. The minimum atomic E-state index is -1.08. The number of hydrogen-bond donors (Lipinski definition) is 1. The van der Waals surface area contributed by atoms with Gasteiger partial charge in [-0.15, -0.1) is 0 Å². The fourth-order valence-electron chi connectivity index (χ4n) is 3.32. The zero-order valence-corrected chi connectivity index (χ0v) is 16.5. The van der Waals surface area contributed by atoms with Gasteiger partial charge in [0.1, 0.15) is 11.4 Å². The van der Waals surface area contributed by atoms with Crippen molar-refractivity contribution in [3.05, 3.63) is 59.6 Å². The second-order valence-electron chi connectivity index (χ2n) is 7.45. The molecule has 1 atom stereocenters. The third-order valence-corrected chi connectivity index (χ3v) is 5.02. The van der Waals surface area contributed by atoms with Crippen LogP contribution >= 0.6 is 0 Å². The van der Waals surface area contributed by atoms with Gasteiger partial charge < -0.3 is 14.7 Å². The Balaban J connectivity index is 1.47. The summed E-state index contributed by atoms with van der Waals surface area (Å²) < 4.78 is 5.29. The molecule has 0 aliphatic carbocycles. The summed E-state index contributed by atoms with van der Waals surface area (Å²) in [6, 6.07) is 7.73. The first kappa shape index (κ1) is 18.8. The van der Waals surface area contributed by atoms with Gasteiger partial charge >= 0.3 is 0 Å². The summed E-state index contributed by atoms with van der Waals surface area (Å²) in [5.74, 6) is 0.591. The number of allylic oxidation sites excluding steroid dienone is 2. The first-order valence-corrected chi connectivity index (χ1v) is 9.30. The van der Waals surface area contributed by atoms with Crippen LogP contribution < -0.4 is 5.32 Å². The number of amides is 2. The largest absolute Gasteiger partial charge is 0.347 e. The molecule has 148 valence electrons. The molecule has 2 amide bonds. The van der Waals surface area contributed by atoms with Crippen LogP contribution in [-0.4, -0.2) is 38.2 Å². The van der Waals surface area contributed by atoms with Crippen molar-refractivity contribution in [2.45, 2.75) is 39.3 Å². The molecule has 0 fully saturated rings. The Labute approximate surface area is 168 Å². The third-order valence-electron chi connectivity index (χ3n) is 5.02. The highest BCUT2D eigenvalue weighted by atomic mass is 16.5. The second-order valence-corrected chi connectivity index (χ2v) is 7.45. The minimum absolute atomic E-state index is 0.0135. The minimum Gasteiger partial charge on any atom is -0.347 e. The van der Waals surface area contributed by atoms with Gasteiger partial charge in [-0.1, -0.05) is 22.9 Å². The van der Waals surface area contributed by atoms with E-state index >= 15 is 0 Å². The molecule has 3 heterocycles. The van der Waals surface area contributed by atoms with Crippen molar-refractivity contribution in [2.75, 3.05) is 0 Å². The van der Waals surface area contributed by atoms with Gasteiger partial charge in [-0.25, -0.2) is 0 Å². The van der Waals surface area contributed by atoms with Gasteiger partial charge in [0.05, 0.1) is 13.0 Å². The molecule has 1 aromatic carbocycles. The van der Waals surface area contributed by atoms with Crippen LogP contribution in [0.1, 0.15) is 31.7 Å². The Hall–Kier alpha value is -3.55. The summed E-state index contributed by atoms with van der Waals surface area (Å²) in [4.78, 5) is 35.2. The fraction of sp³-hybridized carbons (Fsp3) is 0.286. The smallest absolute Gasteiger partial charge is 0.257 e. The van der Waals surface area contributed by atoms with E-state index in [0.29, 0.717) is 17.6 Å². The van der Waals surface area contributed by atoms with Crippen LogP contribution in [0.3, 0.4) is 0 Å². The quantitative estimate of drug-likeness (QED) is 0.860. The second kappa shape index (κ2) is 7.12. The SMILES string of the molecule is CC1=CC2=NC(=O)C[C@@](C)(C(=O)NCc3noc(-c4ccc(C)cc4)n3)N2C=C1. The highest BCUT2D eigenvalue weighted by molar-refractivity contribution is 6.09. The monoisotopic (exact) mass is 391 g/mol. The lowest BCUT2D eigenvalue weighted by molar-refractivity contribution is -0.134. The molecule has 4 rings (SSSR count). The van der Waals surface area contributed by atoms with Crippen LogP contribution in [0.5, 0.6) is 0 Å². The zero-order chi connectivity index (χ0) is 20.6. The van der Waals surface area contributed by atoms with E-state index in [1.165, 1.54) is 0 Å². The molecule has 2 aromatic rings. The molecule has 1 N–H and O–H groups in total. The average molecular weight is 391 g/mol. The molecular formula is C21H21N5O3. The molecule has 0 unspecified atom stereocenters. The van der Waals surface area contributed by atoms with Crippen LogP contribution in [0.2, 0.25) is 0 Å². The van der Waals surface area contributed by atoms with Gasteiger partial charge in [0, 0.05) is 11.8 Å². The van der Waals surface area contributed by atoms with Crippen molar-refractivity contribution in [3.63, 3.8) is 0 Å². The maximum Gasteiger partial charge on any atom is 0.257 e. The number of nitrogens with one attached hydrogen (secondary N) is 1. The lowest BCUT2D eigenvalue weighted by Gasteiger charge is -2.41. The zero-order valence-electron chi connectivity index (χ0n) is 16.5. The Morgan fingerprint density at radius 1 is 1.28 bits per heavy atom. The Morgan fingerprint density at radius 2 is 2.03 bits per heavy atom. The van der Waals surface area contributed by atoms with Crippen molar-refractivity contribution < 1.29 is 14.1 Å². The van der Waals surface area contributed by atoms with Crippen LogP contribution in [0, 0.1) is 6.92 Å². The van der Waals surface area contributed by atoms with Crippen LogP contribution in [0.4, 0.5) is 0 Å². The van der Waals surface area contributed by atoms with E-state index in [2.05, 4.69) is 20.4 Å². The van der Waals surface area contributed by atoms with E-state index in [1.807, 2.05) is 44.2 Å². The molecule has 29 heavy (non-hydrogen) atoms. The number of carbonyl (C=O) groups is 2. The molecule has 0 spiro atoms. The van der Waals surface area contributed by atoms with Gasteiger partial charge in [-0.2, -0.15) is 9.98 Å². The van der Waals surface area contributed by atoms with E-state index in [-0.39, 0.29) is 24.8 Å². The molecule has 8 heteroatoms. The van der Waals surface area contributed by atoms with Gasteiger partial charge in [0.15, 0.2) is 5.82 Å². The number of aromatic nitrogens is 2. The van der Waals surface area contributed by atoms with Crippen LogP contribution in [-0.2, 0) is 16.1 Å². The van der Waals surface area contributed by atoms with Crippen molar-refractivity contribution in [2.24, 2.45) is 4.99 Å². The molecule has 0 saturated carbocycles. The molecule has 0 bridgehead atoms. The molecule has 0 radical (unpaired) electrons. The molecule has 1 aromatic heterocycles. The summed E-state index contributed by atoms with van der Waals surface area (Å²) in [7, 11) is 0. The summed E-state index contributed by atoms with van der Waals surface area (Å²) in [5, 5.41) is 6.75. The number of amidine groups is 1. The van der Waals surface area contributed by atoms with Crippen LogP contribution in [0.25, 0.3) is 11.5 Å². The summed E-state index contributed by atoms with van der Waals surface area (Å²) in [6.07, 6.45) is 5.44. The first-order chi connectivity index (χ1) is 13.8. The summed E-state index contributed by atoms with van der Waals surface area (Å²) in [6.45, 7) is 5.73. The topological polar surface area (TPSA) is 101 Å². The highest BCUT2D eigenvalue weighted by Crippen LogP contribution is 2.29. The van der Waals surface area contributed by atoms with E-state index in [9.17, 15) is 9.59 Å². The number of benzene rings is 1. The lowest BCUT2D eigenvalue weighted by Crippen LogP contribution is -2.59. The predicted molar refractivity (Wildman–Crippen MR) is 107 cm³/mol. The number of hydrogen-bond acceptors (Lipinski definition) is 6. The van der Waals surface area contributed by atoms with Crippen molar-refractivity contribution in [1.82, 2.24) is 20.4 Å². The molecule has 2 aliphatic rings. The first-order valence-electron chi connectivity index (χ1n) is 9.30. The number of carbonyl (C=O) groups excluding carboxylic acids is 2. The summed E-state index contributed by atoms with van der Waals surface area (Å²) in [5.41, 5.74) is 1.83. The van der Waals surface area contributed by atoms with Gasteiger partial charge in [-0.05, 0) is 50.6 Å². The number of fused-ring (bicyclic) bond motifs is 1. The molecule has 8 nitrogen and oxygen atoms in total. The normalized spacial score (nSPS) is 20.8. The summed E-state index contributed by atoms with van der Waals surface area (Å²) >= 11 is 0. The predicted octanol–water partition coefficient (Wildman–Crippen LogP) is 2.52. The maximum absolute atomic E-state index is 13.0. The van der Waals surface area contributed by atoms with Crippen molar-refractivity contribution >= 4 is 17.6 Å². The number of rotatable bonds is 4.